The highest BCUT2D eigenvalue weighted by Crippen LogP contribution is 2.49. The molecule has 0 heterocycles. The molecule has 2 bridgehead atoms. The van der Waals surface area contributed by atoms with Crippen molar-refractivity contribution < 1.29 is 4.79 Å². The molecule has 0 spiro atoms. The molecular weight excluding hydrogens is 248 g/mol. The molecule has 2 aliphatic carbocycles. The van der Waals surface area contributed by atoms with E-state index in [4.69, 9.17) is 5.73 Å². The van der Waals surface area contributed by atoms with Crippen LogP contribution in [0.5, 0.6) is 0 Å². The average Bonchev–Trinajstić information content (AvgIpc) is 3.03. The minimum atomic E-state index is 0.130. The topological polar surface area (TPSA) is 55.1 Å². The molecule has 2 aliphatic rings. The number of hydrogen-bond acceptors (Lipinski definition) is 2. The number of benzene rings is 1. The molecule has 3 rings (SSSR count). The van der Waals surface area contributed by atoms with Crippen LogP contribution in [-0.2, 0) is 11.2 Å². The van der Waals surface area contributed by atoms with Crippen molar-refractivity contribution in [3.8, 4) is 0 Å². The highest BCUT2D eigenvalue weighted by atomic mass is 16.1. The quantitative estimate of drug-likeness (QED) is 0.828. The second-order valence-electron chi connectivity index (χ2n) is 6.61. The predicted octanol–water partition coefficient (Wildman–Crippen LogP) is 2.75. The molecule has 20 heavy (non-hydrogen) atoms. The minimum absolute atomic E-state index is 0.130. The fourth-order valence-electron chi connectivity index (χ4n) is 4.14. The van der Waals surface area contributed by atoms with Crippen LogP contribution in [0.15, 0.2) is 24.3 Å². The van der Waals surface area contributed by atoms with E-state index in [9.17, 15) is 4.79 Å². The molecule has 2 saturated carbocycles. The Bertz CT molecular complexity index is 482. The largest absolute Gasteiger partial charge is 0.399 e. The first-order valence-electron chi connectivity index (χ1n) is 7.75. The van der Waals surface area contributed by atoms with E-state index in [-0.39, 0.29) is 5.91 Å². The van der Waals surface area contributed by atoms with Crippen molar-refractivity contribution in [1.29, 1.82) is 0 Å². The fourth-order valence-corrected chi connectivity index (χ4v) is 4.14. The second-order valence-corrected chi connectivity index (χ2v) is 6.61. The number of hydrogen-bond donors (Lipinski definition) is 2. The minimum Gasteiger partial charge on any atom is -0.399 e. The Kier molecular flexibility index (Phi) is 3.68. The van der Waals surface area contributed by atoms with Crippen molar-refractivity contribution in [3.05, 3.63) is 29.8 Å². The summed E-state index contributed by atoms with van der Waals surface area (Å²) >= 11 is 0. The van der Waals surface area contributed by atoms with Gasteiger partial charge in [-0.2, -0.15) is 0 Å². The third-order valence-electron chi connectivity index (χ3n) is 5.17. The maximum atomic E-state index is 12.1. The number of anilines is 1. The van der Waals surface area contributed by atoms with Gasteiger partial charge in [0.25, 0.3) is 0 Å². The number of rotatable bonds is 4. The van der Waals surface area contributed by atoms with Crippen LogP contribution >= 0.6 is 0 Å². The lowest BCUT2D eigenvalue weighted by atomic mass is 9.84. The Morgan fingerprint density at radius 3 is 2.65 bits per heavy atom. The van der Waals surface area contributed by atoms with Gasteiger partial charge in [0.15, 0.2) is 0 Å². The molecule has 108 valence electrons. The molecule has 3 heteroatoms. The van der Waals surface area contributed by atoms with Crippen LogP contribution < -0.4 is 11.1 Å². The van der Waals surface area contributed by atoms with Gasteiger partial charge < -0.3 is 11.1 Å². The molecule has 1 amide bonds. The Morgan fingerprint density at radius 1 is 1.30 bits per heavy atom. The number of nitrogen functional groups attached to an aromatic ring is 1. The lowest BCUT2D eigenvalue weighted by Crippen LogP contribution is -2.40. The number of nitrogens with two attached hydrogens (primary N) is 1. The second kappa shape index (κ2) is 5.47. The van der Waals surface area contributed by atoms with Crippen molar-refractivity contribution in [1.82, 2.24) is 5.32 Å². The number of fused-ring (bicyclic) bond motifs is 2. The monoisotopic (exact) mass is 272 g/mol. The first kappa shape index (κ1) is 13.5. The first-order chi connectivity index (χ1) is 9.61. The van der Waals surface area contributed by atoms with E-state index in [2.05, 4.69) is 12.2 Å². The van der Waals surface area contributed by atoms with Crippen molar-refractivity contribution in [3.63, 3.8) is 0 Å². The zero-order chi connectivity index (χ0) is 14.1. The van der Waals surface area contributed by atoms with Gasteiger partial charge >= 0.3 is 0 Å². The number of amides is 1. The summed E-state index contributed by atoms with van der Waals surface area (Å²) in [5.74, 6) is 2.61. The Balaban J connectivity index is 1.52. The molecule has 0 aromatic heterocycles. The zero-order valence-corrected chi connectivity index (χ0v) is 12.1. The van der Waals surface area contributed by atoms with Gasteiger partial charge in [-0.05, 0) is 61.6 Å². The van der Waals surface area contributed by atoms with Gasteiger partial charge in [0.05, 0.1) is 6.42 Å². The predicted molar refractivity (Wildman–Crippen MR) is 81.1 cm³/mol. The molecule has 0 aliphatic heterocycles. The molecule has 0 radical (unpaired) electrons. The van der Waals surface area contributed by atoms with Gasteiger partial charge in [-0.25, -0.2) is 0 Å². The van der Waals surface area contributed by atoms with Gasteiger partial charge in [0, 0.05) is 11.7 Å². The summed E-state index contributed by atoms with van der Waals surface area (Å²) in [6, 6.07) is 7.87. The number of carbonyl (C=O) groups excluding carboxylic acids is 1. The van der Waals surface area contributed by atoms with E-state index in [0.717, 1.165) is 23.1 Å². The maximum absolute atomic E-state index is 12.1. The third-order valence-corrected chi connectivity index (χ3v) is 5.17. The number of nitrogens with one attached hydrogen (secondary N) is 1. The van der Waals surface area contributed by atoms with Crippen LogP contribution in [0.3, 0.4) is 0 Å². The number of carbonyl (C=O) groups is 1. The Morgan fingerprint density at radius 2 is 2.05 bits per heavy atom. The average molecular weight is 272 g/mol. The van der Waals surface area contributed by atoms with Crippen molar-refractivity contribution in [2.24, 2.45) is 17.8 Å². The summed E-state index contributed by atoms with van der Waals surface area (Å²) in [5.41, 5.74) is 7.42. The van der Waals surface area contributed by atoms with Crippen molar-refractivity contribution in [2.75, 3.05) is 5.73 Å². The Hall–Kier alpha value is -1.51. The smallest absolute Gasteiger partial charge is 0.224 e. The molecule has 3 nitrogen and oxygen atoms in total. The van der Waals surface area contributed by atoms with Gasteiger partial charge in [-0.1, -0.05) is 18.6 Å². The lowest BCUT2D eigenvalue weighted by Gasteiger charge is -2.28. The van der Waals surface area contributed by atoms with Crippen molar-refractivity contribution in [2.45, 2.75) is 45.1 Å². The summed E-state index contributed by atoms with van der Waals surface area (Å²) in [6.45, 7) is 2.17. The van der Waals surface area contributed by atoms with Crippen LogP contribution in [0.25, 0.3) is 0 Å². The highest BCUT2D eigenvalue weighted by Gasteiger charge is 2.42. The highest BCUT2D eigenvalue weighted by molar-refractivity contribution is 5.79. The van der Waals surface area contributed by atoms with E-state index < -0.39 is 0 Å². The molecule has 4 atom stereocenters. The van der Waals surface area contributed by atoms with Gasteiger partial charge in [0.1, 0.15) is 0 Å². The first-order valence-corrected chi connectivity index (χ1v) is 7.75. The summed E-state index contributed by atoms with van der Waals surface area (Å²) in [7, 11) is 0. The summed E-state index contributed by atoms with van der Waals surface area (Å²) < 4.78 is 0. The van der Waals surface area contributed by atoms with Gasteiger partial charge in [-0.15, -0.1) is 0 Å². The van der Waals surface area contributed by atoms with Gasteiger partial charge in [-0.3, -0.25) is 4.79 Å². The maximum Gasteiger partial charge on any atom is 0.224 e. The van der Waals surface area contributed by atoms with E-state index in [1.807, 2.05) is 24.3 Å². The van der Waals surface area contributed by atoms with Crippen LogP contribution in [-0.4, -0.2) is 11.9 Å². The molecule has 2 fully saturated rings. The lowest BCUT2D eigenvalue weighted by molar-refractivity contribution is -0.121. The van der Waals surface area contributed by atoms with Gasteiger partial charge in [0.2, 0.25) is 5.91 Å². The molecular formula is C17H24N2O. The van der Waals surface area contributed by atoms with E-state index in [1.54, 1.807) is 0 Å². The van der Waals surface area contributed by atoms with Crippen molar-refractivity contribution >= 4 is 11.6 Å². The van der Waals surface area contributed by atoms with Crippen LogP contribution in [0.4, 0.5) is 5.69 Å². The van der Waals surface area contributed by atoms with Crippen LogP contribution in [0, 0.1) is 17.8 Å². The fraction of sp³-hybridized carbons (Fsp3) is 0.588. The Labute approximate surface area is 120 Å². The molecule has 1 aromatic carbocycles. The molecule has 3 N–H and O–H groups in total. The summed E-state index contributed by atoms with van der Waals surface area (Å²) in [4.78, 5) is 12.1. The molecule has 1 aromatic rings. The molecule has 0 saturated heterocycles. The standard InChI is InChI=1S/C17H24N2O/c1-11(16-9-13-2-5-14(16)8-13)19-17(20)10-12-3-6-15(18)7-4-12/h3-4,6-7,11,13-14,16H,2,5,8-10,18H2,1H3,(H,19,20). The normalized spacial score (nSPS) is 29.4. The van der Waals surface area contributed by atoms with E-state index in [1.165, 1.54) is 25.7 Å². The molecule has 4 unspecified atom stereocenters. The third kappa shape index (κ3) is 2.82. The zero-order valence-electron chi connectivity index (χ0n) is 12.1. The SMILES string of the molecule is CC(NC(=O)Cc1ccc(N)cc1)C1CC2CCC1C2. The van der Waals surface area contributed by atoms with Crippen LogP contribution in [0.2, 0.25) is 0 Å². The summed E-state index contributed by atoms with van der Waals surface area (Å²) in [5, 5.41) is 3.20. The summed E-state index contributed by atoms with van der Waals surface area (Å²) in [6.07, 6.45) is 5.93. The van der Waals surface area contributed by atoms with E-state index >= 15 is 0 Å². The van der Waals surface area contributed by atoms with E-state index in [0.29, 0.717) is 18.4 Å². The van der Waals surface area contributed by atoms with Crippen LogP contribution in [0.1, 0.15) is 38.2 Å².